The van der Waals surface area contributed by atoms with E-state index in [9.17, 15) is 9.59 Å². The average molecular weight is 449 g/mol. The Morgan fingerprint density at radius 3 is 2.45 bits per heavy atom. The second kappa shape index (κ2) is 11.4. The maximum atomic E-state index is 13.3. The van der Waals surface area contributed by atoms with Gasteiger partial charge in [0.2, 0.25) is 5.91 Å². The Morgan fingerprint density at radius 2 is 1.70 bits per heavy atom. The Morgan fingerprint density at radius 1 is 0.970 bits per heavy atom. The SMILES string of the molecule is CCN1CCCCCN(C(=O)CC2CC2)[C@@H](Cc2ccccc2)COc2ccccc2C1=O. The molecule has 1 heterocycles. The minimum atomic E-state index is -0.0650. The van der Waals surface area contributed by atoms with Crippen molar-refractivity contribution in [3.05, 3.63) is 65.7 Å². The van der Waals surface area contributed by atoms with Gasteiger partial charge in [0.1, 0.15) is 12.4 Å². The fourth-order valence-electron chi connectivity index (χ4n) is 4.63. The molecular formula is C28H36N2O3. The molecule has 0 radical (unpaired) electrons. The van der Waals surface area contributed by atoms with Crippen LogP contribution in [0.2, 0.25) is 0 Å². The molecule has 1 aliphatic heterocycles. The van der Waals surface area contributed by atoms with Crippen molar-refractivity contribution in [1.82, 2.24) is 9.80 Å². The lowest BCUT2D eigenvalue weighted by atomic mass is 10.0. The zero-order valence-corrected chi connectivity index (χ0v) is 19.7. The molecule has 2 aromatic rings. The van der Waals surface area contributed by atoms with E-state index < -0.39 is 0 Å². The third-order valence-electron chi connectivity index (χ3n) is 6.78. The second-order valence-corrected chi connectivity index (χ2v) is 9.33. The second-order valence-electron chi connectivity index (χ2n) is 9.33. The van der Waals surface area contributed by atoms with Crippen LogP contribution in [0.3, 0.4) is 0 Å². The van der Waals surface area contributed by atoms with E-state index in [1.807, 2.05) is 54.3 Å². The number of ether oxygens (including phenoxy) is 1. The highest BCUT2D eigenvalue weighted by molar-refractivity contribution is 5.96. The number of carbonyl (C=O) groups is 2. The summed E-state index contributed by atoms with van der Waals surface area (Å²) in [5.74, 6) is 1.43. The van der Waals surface area contributed by atoms with Gasteiger partial charge in [-0.05, 0) is 69.1 Å². The third kappa shape index (κ3) is 6.37. The summed E-state index contributed by atoms with van der Waals surface area (Å²) in [6.45, 7) is 4.55. The van der Waals surface area contributed by atoms with Crippen molar-refractivity contribution < 1.29 is 14.3 Å². The molecular weight excluding hydrogens is 412 g/mol. The van der Waals surface area contributed by atoms with Gasteiger partial charge in [0.15, 0.2) is 0 Å². The summed E-state index contributed by atoms with van der Waals surface area (Å²) in [7, 11) is 0. The average Bonchev–Trinajstić information content (AvgIpc) is 3.65. The highest BCUT2D eigenvalue weighted by Gasteiger charge is 2.31. The van der Waals surface area contributed by atoms with Crippen LogP contribution in [0.4, 0.5) is 0 Å². The molecule has 0 spiro atoms. The molecule has 2 aliphatic rings. The normalized spacial score (nSPS) is 20.2. The van der Waals surface area contributed by atoms with Crippen LogP contribution >= 0.6 is 0 Å². The Bertz CT molecular complexity index is 926. The van der Waals surface area contributed by atoms with Gasteiger partial charge in [-0.2, -0.15) is 0 Å². The number of rotatable bonds is 5. The van der Waals surface area contributed by atoms with Crippen LogP contribution < -0.4 is 4.74 Å². The zero-order valence-electron chi connectivity index (χ0n) is 19.7. The van der Waals surface area contributed by atoms with Crippen molar-refractivity contribution in [3.8, 4) is 5.75 Å². The minimum absolute atomic E-state index is 0.0219. The van der Waals surface area contributed by atoms with Crippen LogP contribution in [0.5, 0.6) is 5.75 Å². The Labute approximate surface area is 197 Å². The number of benzene rings is 2. The van der Waals surface area contributed by atoms with E-state index in [1.54, 1.807) is 0 Å². The molecule has 0 N–H and O–H groups in total. The lowest BCUT2D eigenvalue weighted by molar-refractivity contribution is -0.134. The van der Waals surface area contributed by atoms with Gasteiger partial charge >= 0.3 is 0 Å². The van der Waals surface area contributed by atoms with E-state index in [0.29, 0.717) is 36.8 Å². The largest absolute Gasteiger partial charge is 0.491 e. The maximum Gasteiger partial charge on any atom is 0.257 e. The lowest BCUT2D eigenvalue weighted by Crippen LogP contribution is -2.45. The van der Waals surface area contributed by atoms with Crippen molar-refractivity contribution in [1.29, 1.82) is 0 Å². The van der Waals surface area contributed by atoms with E-state index in [4.69, 9.17) is 4.74 Å². The molecule has 0 aromatic heterocycles. The van der Waals surface area contributed by atoms with Gasteiger partial charge in [0, 0.05) is 26.1 Å². The molecule has 1 aliphatic carbocycles. The number of fused-ring (bicyclic) bond motifs is 1. The zero-order chi connectivity index (χ0) is 23.0. The van der Waals surface area contributed by atoms with E-state index in [0.717, 1.165) is 38.8 Å². The molecule has 1 fully saturated rings. The Balaban J connectivity index is 1.62. The smallest absolute Gasteiger partial charge is 0.257 e. The Kier molecular flexibility index (Phi) is 8.03. The van der Waals surface area contributed by atoms with Crippen molar-refractivity contribution in [3.63, 3.8) is 0 Å². The van der Waals surface area contributed by atoms with Gasteiger partial charge < -0.3 is 14.5 Å². The summed E-state index contributed by atoms with van der Waals surface area (Å²) >= 11 is 0. The summed E-state index contributed by atoms with van der Waals surface area (Å²) < 4.78 is 6.31. The van der Waals surface area contributed by atoms with Crippen LogP contribution in [0, 0.1) is 5.92 Å². The lowest BCUT2D eigenvalue weighted by Gasteiger charge is -2.32. The first kappa shape index (κ1) is 23.3. The molecule has 176 valence electrons. The van der Waals surface area contributed by atoms with Crippen LogP contribution in [0.1, 0.15) is 61.4 Å². The summed E-state index contributed by atoms with van der Waals surface area (Å²) in [4.78, 5) is 30.5. The van der Waals surface area contributed by atoms with Gasteiger partial charge in [0.25, 0.3) is 5.91 Å². The highest BCUT2D eigenvalue weighted by Crippen LogP contribution is 2.33. The van der Waals surface area contributed by atoms with E-state index >= 15 is 0 Å². The monoisotopic (exact) mass is 448 g/mol. The summed E-state index contributed by atoms with van der Waals surface area (Å²) in [6, 6.07) is 17.8. The molecule has 2 amide bonds. The number of para-hydroxylation sites is 1. The van der Waals surface area contributed by atoms with Crippen LogP contribution in [-0.4, -0.2) is 53.9 Å². The molecule has 4 rings (SSSR count). The van der Waals surface area contributed by atoms with Crippen molar-refractivity contribution in [2.24, 2.45) is 5.92 Å². The maximum absolute atomic E-state index is 13.3. The molecule has 1 atom stereocenters. The molecule has 0 bridgehead atoms. The third-order valence-corrected chi connectivity index (χ3v) is 6.78. The fourth-order valence-corrected chi connectivity index (χ4v) is 4.63. The fraction of sp³-hybridized carbons (Fsp3) is 0.500. The molecule has 5 heteroatoms. The Hall–Kier alpha value is -2.82. The summed E-state index contributed by atoms with van der Waals surface area (Å²) in [6.07, 6.45) is 6.61. The van der Waals surface area contributed by atoms with Gasteiger partial charge in [0.05, 0.1) is 11.6 Å². The predicted octanol–water partition coefficient (Wildman–Crippen LogP) is 4.95. The van der Waals surface area contributed by atoms with Crippen molar-refractivity contribution in [2.45, 2.75) is 57.9 Å². The molecule has 33 heavy (non-hydrogen) atoms. The first-order valence-corrected chi connectivity index (χ1v) is 12.5. The quantitative estimate of drug-likeness (QED) is 0.650. The minimum Gasteiger partial charge on any atom is -0.491 e. The molecule has 0 saturated heterocycles. The van der Waals surface area contributed by atoms with Crippen molar-refractivity contribution >= 4 is 11.8 Å². The number of hydrogen-bond donors (Lipinski definition) is 0. The topological polar surface area (TPSA) is 49.9 Å². The van der Waals surface area contributed by atoms with E-state index in [-0.39, 0.29) is 17.9 Å². The number of nitrogens with zero attached hydrogens (tertiary/aromatic N) is 2. The number of amides is 2. The van der Waals surface area contributed by atoms with Gasteiger partial charge in [-0.3, -0.25) is 9.59 Å². The van der Waals surface area contributed by atoms with Gasteiger partial charge in [-0.1, -0.05) is 42.5 Å². The standard InChI is InChI=1S/C28H36N2O3/c1-2-29-17-9-4-10-18-30(27(31)20-23-15-16-23)24(19-22-11-5-3-6-12-22)21-33-26-14-8-7-13-25(26)28(29)32/h3,5-8,11-14,23-24H,2,4,9-10,15-21H2,1H3/t24-/m0/s1. The highest BCUT2D eigenvalue weighted by atomic mass is 16.5. The van der Waals surface area contributed by atoms with E-state index in [1.165, 1.54) is 18.4 Å². The van der Waals surface area contributed by atoms with Crippen LogP contribution in [0.25, 0.3) is 0 Å². The van der Waals surface area contributed by atoms with Gasteiger partial charge in [-0.25, -0.2) is 0 Å². The van der Waals surface area contributed by atoms with Crippen molar-refractivity contribution in [2.75, 3.05) is 26.2 Å². The first-order chi connectivity index (χ1) is 16.2. The number of hydrogen-bond acceptors (Lipinski definition) is 3. The summed E-state index contributed by atoms with van der Waals surface area (Å²) in [5, 5.41) is 0. The van der Waals surface area contributed by atoms with Crippen LogP contribution in [0.15, 0.2) is 54.6 Å². The number of carbonyl (C=O) groups excluding carboxylic acids is 2. The van der Waals surface area contributed by atoms with Crippen LogP contribution in [-0.2, 0) is 11.2 Å². The molecule has 1 saturated carbocycles. The molecule has 5 nitrogen and oxygen atoms in total. The predicted molar refractivity (Wildman–Crippen MR) is 130 cm³/mol. The first-order valence-electron chi connectivity index (χ1n) is 12.5. The van der Waals surface area contributed by atoms with E-state index in [2.05, 4.69) is 17.0 Å². The molecule has 2 aromatic carbocycles. The molecule has 0 unspecified atom stereocenters. The summed E-state index contributed by atoms with van der Waals surface area (Å²) in [5.41, 5.74) is 1.80. The van der Waals surface area contributed by atoms with Gasteiger partial charge in [-0.15, -0.1) is 0 Å².